The van der Waals surface area contributed by atoms with E-state index in [0.717, 1.165) is 45.3 Å². The lowest BCUT2D eigenvalue weighted by Crippen LogP contribution is -2.31. The van der Waals surface area contributed by atoms with Crippen LogP contribution in [-0.2, 0) is 19.5 Å². The van der Waals surface area contributed by atoms with Gasteiger partial charge in [0.05, 0.1) is 34.2 Å². The van der Waals surface area contributed by atoms with E-state index in [4.69, 9.17) is 15.0 Å². The summed E-state index contributed by atoms with van der Waals surface area (Å²) in [5.41, 5.74) is 6.43. The average Bonchev–Trinajstić information content (AvgIpc) is 2.96. The molecule has 180 valence electrons. The first kappa shape index (κ1) is 23.0. The number of para-hydroxylation sites is 2. The fourth-order valence-electron chi connectivity index (χ4n) is 4.92. The first-order valence-electron chi connectivity index (χ1n) is 12.7. The quantitative estimate of drug-likeness (QED) is 0.232. The van der Waals surface area contributed by atoms with Gasteiger partial charge in [0.15, 0.2) is 0 Å². The van der Waals surface area contributed by atoms with Crippen molar-refractivity contribution in [3.8, 4) is 0 Å². The van der Waals surface area contributed by atoms with Gasteiger partial charge in [0, 0.05) is 30.1 Å². The fraction of sp³-hybridized carbons (Fsp3) is 0.121. The Morgan fingerprint density at radius 2 is 1.11 bits per heavy atom. The molecule has 6 aromatic rings. The Labute approximate surface area is 217 Å². The van der Waals surface area contributed by atoms with E-state index in [9.17, 15) is 0 Å². The maximum absolute atomic E-state index is 5.01. The fourth-order valence-corrected chi connectivity index (χ4v) is 4.92. The molecule has 1 atom stereocenters. The van der Waals surface area contributed by atoms with Crippen LogP contribution < -0.4 is 0 Å². The van der Waals surface area contributed by atoms with Crippen LogP contribution in [0.25, 0.3) is 21.8 Å². The zero-order valence-electron chi connectivity index (χ0n) is 20.6. The molecule has 0 unspecified atom stereocenters. The summed E-state index contributed by atoms with van der Waals surface area (Å²) in [7, 11) is 0. The molecule has 4 nitrogen and oxygen atoms in total. The maximum Gasteiger partial charge on any atom is 0.0705 e. The van der Waals surface area contributed by atoms with E-state index in [-0.39, 0.29) is 6.04 Å². The molecule has 0 radical (unpaired) electrons. The normalized spacial score (nSPS) is 12.2. The largest absolute Gasteiger partial charge is 0.283 e. The van der Waals surface area contributed by atoms with Crippen molar-refractivity contribution in [1.29, 1.82) is 0 Å². The van der Waals surface area contributed by atoms with Crippen molar-refractivity contribution in [1.82, 2.24) is 19.9 Å². The van der Waals surface area contributed by atoms with Gasteiger partial charge < -0.3 is 0 Å². The Morgan fingerprint density at radius 3 is 1.70 bits per heavy atom. The molecule has 0 bridgehead atoms. The summed E-state index contributed by atoms with van der Waals surface area (Å²) in [6, 6.07) is 42.1. The van der Waals surface area contributed by atoms with Gasteiger partial charge in [-0.15, -0.1) is 0 Å². The second-order valence-electron chi connectivity index (χ2n) is 9.36. The lowest BCUT2D eigenvalue weighted by Gasteiger charge is -2.31. The Bertz CT molecular complexity index is 1530. The van der Waals surface area contributed by atoms with Crippen molar-refractivity contribution >= 4 is 21.8 Å². The molecule has 0 aliphatic carbocycles. The van der Waals surface area contributed by atoms with Gasteiger partial charge in [-0.3, -0.25) is 19.9 Å². The van der Waals surface area contributed by atoms with E-state index in [1.807, 2.05) is 24.4 Å². The van der Waals surface area contributed by atoms with Crippen molar-refractivity contribution in [3.05, 3.63) is 150 Å². The Balaban J connectivity index is 1.41. The third-order valence-corrected chi connectivity index (χ3v) is 6.78. The number of hydrogen-bond donors (Lipinski definition) is 0. The molecule has 3 heterocycles. The lowest BCUT2D eigenvalue weighted by atomic mass is 10.00. The van der Waals surface area contributed by atoms with Gasteiger partial charge in [0.2, 0.25) is 0 Å². The van der Waals surface area contributed by atoms with Crippen LogP contribution in [0.1, 0.15) is 28.7 Å². The molecule has 3 aromatic heterocycles. The van der Waals surface area contributed by atoms with Crippen LogP contribution in [0.4, 0.5) is 0 Å². The highest BCUT2D eigenvalue weighted by Gasteiger charge is 2.24. The molecule has 0 spiro atoms. The number of benzene rings is 3. The monoisotopic (exact) mass is 480 g/mol. The Hall–Kier alpha value is -4.41. The predicted octanol–water partition coefficient (Wildman–Crippen LogP) is 7.16. The molecule has 0 saturated heterocycles. The minimum absolute atomic E-state index is 0.0603. The Morgan fingerprint density at radius 1 is 0.541 bits per heavy atom. The summed E-state index contributed by atoms with van der Waals surface area (Å²) in [5, 5.41) is 2.30. The number of rotatable bonds is 8. The highest BCUT2D eigenvalue weighted by atomic mass is 15.2. The Kier molecular flexibility index (Phi) is 6.65. The van der Waals surface area contributed by atoms with E-state index in [1.165, 1.54) is 5.56 Å². The van der Waals surface area contributed by atoms with Gasteiger partial charge in [-0.25, -0.2) is 0 Å². The number of hydrogen-bond acceptors (Lipinski definition) is 4. The van der Waals surface area contributed by atoms with Crippen molar-refractivity contribution in [2.75, 3.05) is 0 Å². The van der Waals surface area contributed by atoms with Gasteiger partial charge in [0.1, 0.15) is 0 Å². The lowest BCUT2D eigenvalue weighted by molar-refractivity contribution is 0.170. The van der Waals surface area contributed by atoms with Crippen molar-refractivity contribution in [2.24, 2.45) is 0 Å². The zero-order valence-corrected chi connectivity index (χ0v) is 20.6. The summed E-state index contributed by atoms with van der Waals surface area (Å²) >= 11 is 0. The smallest absolute Gasteiger partial charge is 0.0705 e. The predicted molar refractivity (Wildman–Crippen MR) is 150 cm³/mol. The molecule has 0 saturated carbocycles. The molecular weight excluding hydrogens is 452 g/mol. The van der Waals surface area contributed by atoms with E-state index >= 15 is 0 Å². The molecular formula is C33H28N4. The maximum atomic E-state index is 5.01. The van der Waals surface area contributed by atoms with Crippen LogP contribution >= 0.6 is 0 Å². The highest BCUT2D eigenvalue weighted by Crippen LogP contribution is 2.28. The van der Waals surface area contributed by atoms with Crippen molar-refractivity contribution < 1.29 is 0 Å². The summed E-state index contributed by atoms with van der Waals surface area (Å²) in [6.45, 7) is 1.38. The molecule has 4 heteroatoms. The summed E-state index contributed by atoms with van der Waals surface area (Å²) in [5.74, 6) is 0. The number of fused-ring (bicyclic) bond motifs is 2. The minimum atomic E-state index is 0.0603. The molecule has 37 heavy (non-hydrogen) atoms. The zero-order chi connectivity index (χ0) is 24.9. The third kappa shape index (κ3) is 5.40. The molecule has 0 aliphatic heterocycles. The second kappa shape index (κ2) is 10.7. The highest BCUT2D eigenvalue weighted by molar-refractivity contribution is 5.79. The topological polar surface area (TPSA) is 41.9 Å². The van der Waals surface area contributed by atoms with Crippen molar-refractivity contribution in [3.63, 3.8) is 0 Å². The van der Waals surface area contributed by atoms with E-state index < -0.39 is 0 Å². The van der Waals surface area contributed by atoms with Crippen LogP contribution in [0.15, 0.2) is 128 Å². The first-order chi connectivity index (χ1) is 18.3. The van der Waals surface area contributed by atoms with Crippen molar-refractivity contribution in [2.45, 2.75) is 25.6 Å². The summed E-state index contributed by atoms with van der Waals surface area (Å²) in [4.78, 5) is 17.3. The SMILES string of the molecule is c1ccc(C[C@H](c2ccccn2)N(Cc2ccc3ccccc3n2)Cc2ccc3ccccc3n2)cc1. The van der Waals surface area contributed by atoms with E-state index in [1.54, 1.807) is 0 Å². The van der Waals surface area contributed by atoms with Gasteiger partial charge in [-0.2, -0.15) is 0 Å². The van der Waals surface area contributed by atoms with Gasteiger partial charge in [-0.1, -0.05) is 84.9 Å². The van der Waals surface area contributed by atoms with E-state index in [2.05, 4.69) is 108 Å². The molecule has 0 amide bonds. The standard InChI is InChI=1S/C33H28N4/c1-2-10-25(11-3-1)22-33(32-16-8-9-21-34-32)37(23-28-19-17-26-12-4-6-14-30(26)35-28)24-29-20-18-27-13-5-7-15-31(27)36-29/h1-21,33H,22-24H2/t33-/m1/s1. The van der Waals surface area contributed by atoms with Crippen LogP contribution in [0.2, 0.25) is 0 Å². The molecule has 0 N–H and O–H groups in total. The van der Waals surface area contributed by atoms with Gasteiger partial charge in [-0.05, 0) is 48.4 Å². The second-order valence-corrected chi connectivity index (χ2v) is 9.36. The summed E-state index contributed by atoms with van der Waals surface area (Å²) in [6.07, 6.45) is 2.73. The van der Waals surface area contributed by atoms with E-state index in [0.29, 0.717) is 13.1 Å². The van der Waals surface area contributed by atoms with Crippen LogP contribution in [-0.4, -0.2) is 19.9 Å². The molecule has 0 fully saturated rings. The van der Waals surface area contributed by atoms with Crippen LogP contribution in [0.5, 0.6) is 0 Å². The first-order valence-corrected chi connectivity index (χ1v) is 12.7. The number of pyridine rings is 3. The minimum Gasteiger partial charge on any atom is -0.283 e. The van der Waals surface area contributed by atoms with Crippen LogP contribution in [0.3, 0.4) is 0 Å². The molecule has 0 aliphatic rings. The van der Waals surface area contributed by atoms with Gasteiger partial charge in [0.25, 0.3) is 0 Å². The number of nitrogens with zero attached hydrogens (tertiary/aromatic N) is 4. The molecule has 6 rings (SSSR count). The third-order valence-electron chi connectivity index (χ3n) is 6.78. The molecule has 3 aromatic carbocycles. The average molecular weight is 481 g/mol. The summed E-state index contributed by atoms with van der Waals surface area (Å²) < 4.78 is 0. The number of aromatic nitrogens is 3. The van der Waals surface area contributed by atoms with Gasteiger partial charge >= 0.3 is 0 Å². The van der Waals surface area contributed by atoms with Crippen LogP contribution in [0, 0.1) is 0 Å².